The summed E-state index contributed by atoms with van der Waals surface area (Å²) in [5.41, 5.74) is 6.16. The summed E-state index contributed by atoms with van der Waals surface area (Å²) in [6.07, 6.45) is 2.83. The predicted molar refractivity (Wildman–Crippen MR) is 78.7 cm³/mol. The van der Waals surface area contributed by atoms with Crippen molar-refractivity contribution in [3.8, 4) is 5.75 Å². The van der Waals surface area contributed by atoms with Crippen LogP contribution in [0.5, 0.6) is 5.75 Å². The van der Waals surface area contributed by atoms with E-state index in [0.29, 0.717) is 24.6 Å². The first-order chi connectivity index (χ1) is 10.0. The molecule has 1 aromatic rings. The normalized spacial score (nSPS) is 26.5. The highest BCUT2D eigenvalue weighted by molar-refractivity contribution is 7.89. The zero-order valence-corrected chi connectivity index (χ0v) is 12.8. The van der Waals surface area contributed by atoms with Crippen molar-refractivity contribution in [1.29, 1.82) is 0 Å². The Kier molecular flexibility index (Phi) is 3.81. The summed E-state index contributed by atoms with van der Waals surface area (Å²) in [7, 11) is -2.04. The Morgan fingerprint density at radius 3 is 2.90 bits per heavy atom. The van der Waals surface area contributed by atoms with Crippen LogP contribution in [0.1, 0.15) is 19.3 Å². The third kappa shape index (κ3) is 2.49. The van der Waals surface area contributed by atoms with Gasteiger partial charge in [-0.05, 0) is 37.5 Å². The molecule has 2 N–H and O–H groups in total. The Hall–Kier alpha value is -1.31. The van der Waals surface area contributed by atoms with Crippen LogP contribution in [0.4, 0.5) is 5.69 Å². The lowest BCUT2D eigenvalue weighted by Gasteiger charge is -2.36. The van der Waals surface area contributed by atoms with Gasteiger partial charge in [0.2, 0.25) is 10.0 Å². The molecule has 2 fully saturated rings. The van der Waals surface area contributed by atoms with Crippen LogP contribution in [-0.4, -0.2) is 45.1 Å². The number of fused-ring (bicyclic) bond motifs is 1. The van der Waals surface area contributed by atoms with Crippen LogP contribution in [0.3, 0.4) is 0 Å². The molecule has 7 heteroatoms. The maximum atomic E-state index is 12.9. The third-order valence-electron chi connectivity index (χ3n) is 4.24. The molecule has 1 aliphatic carbocycles. The molecular weight excluding hydrogens is 292 g/mol. The molecular formula is C14H20N2O4S. The Bertz CT molecular complexity index is 632. The summed E-state index contributed by atoms with van der Waals surface area (Å²) in [6, 6.07) is 4.55. The van der Waals surface area contributed by atoms with E-state index >= 15 is 0 Å². The van der Waals surface area contributed by atoms with Crippen LogP contribution in [0.25, 0.3) is 0 Å². The van der Waals surface area contributed by atoms with Gasteiger partial charge in [-0.15, -0.1) is 0 Å². The van der Waals surface area contributed by atoms with Crippen molar-refractivity contribution >= 4 is 15.7 Å². The molecule has 0 bridgehead atoms. The van der Waals surface area contributed by atoms with E-state index in [1.807, 2.05) is 0 Å². The van der Waals surface area contributed by atoms with E-state index < -0.39 is 10.0 Å². The van der Waals surface area contributed by atoms with Gasteiger partial charge < -0.3 is 15.2 Å². The molecule has 1 aliphatic heterocycles. The number of rotatable bonds is 3. The molecule has 1 heterocycles. The number of methoxy groups -OCH3 is 1. The van der Waals surface area contributed by atoms with E-state index in [-0.39, 0.29) is 17.0 Å². The number of benzene rings is 1. The van der Waals surface area contributed by atoms with Crippen molar-refractivity contribution in [1.82, 2.24) is 4.31 Å². The SMILES string of the molecule is COc1ccc(S(=O)(=O)N2CCOC3CCCC32)cc1N. The molecule has 3 rings (SSSR count). The second-order valence-electron chi connectivity index (χ2n) is 5.43. The molecule has 2 unspecified atom stereocenters. The number of morpholine rings is 1. The summed E-state index contributed by atoms with van der Waals surface area (Å²) in [5, 5.41) is 0. The Balaban J connectivity index is 1.94. The predicted octanol–water partition coefficient (Wildman–Crippen LogP) is 1.22. The van der Waals surface area contributed by atoms with Crippen molar-refractivity contribution in [3.63, 3.8) is 0 Å². The molecule has 1 saturated heterocycles. The molecule has 116 valence electrons. The topological polar surface area (TPSA) is 81.9 Å². The van der Waals surface area contributed by atoms with Crippen molar-refractivity contribution in [2.24, 2.45) is 0 Å². The zero-order valence-electron chi connectivity index (χ0n) is 12.0. The average Bonchev–Trinajstić information content (AvgIpc) is 2.95. The molecule has 1 aromatic carbocycles. The first-order valence-electron chi connectivity index (χ1n) is 7.11. The number of nitrogen functional groups attached to an aromatic ring is 1. The van der Waals surface area contributed by atoms with Gasteiger partial charge in [0.05, 0.1) is 36.4 Å². The maximum absolute atomic E-state index is 12.9. The van der Waals surface area contributed by atoms with Gasteiger partial charge in [-0.1, -0.05) is 0 Å². The van der Waals surface area contributed by atoms with E-state index in [4.69, 9.17) is 15.2 Å². The van der Waals surface area contributed by atoms with E-state index in [9.17, 15) is 8.42 Å². The first-order valence-corrected chi connectivity index (χ1v) is 8.55. The van der Waals surface area contributed by atoms with E-state index in [2.05, 4.69) is 0 Å². The van der Waals surface area contributed by atoms with Gasteiger partial charge >= 0.3 is 0 Å². The quantitative estimate of drug-likeness (QED) is 0.849. The molecule has 1 saturated carbocycles. The number of sulfonamides is 1. The van der Waals surface area contributed by atoms with Crippen LogP contribution in [0, 0.1) is 0 Å². The number of ether oxygens (including phenoxy) is 2. The fourth-order valence-corrected chi connectivity index (χ4v) is 4.90. The van der Waals surface area contributed by atoms with E-state index in [1.165, 1.54) is 13.2 Å². The van der Waals surface area contributed by atoms with Crippen molar-refractivity contribution in [2.75, 3.05) is 26.0 Å². The smallest absolute Gasteiger partial charge is 0.243 e. The molecule has 6 nitrogen and oxygen atoms in total. The van der Waals surface area contributed by atoms with Crippen LogP contribution in [0.2, 0.25) is 0 Å². The van der Waals surface area contributed by atoms with E-state index in [0.717, 1.165) is 19.3 Å². The summed E-state index contributed by atoms with van der Waals surface area (Å²) in [5.74, 6) is 0.481. The van der Waals surface area contributed by atoms with Crippen molar-refractivity contribution < 1.29 is 17.9 Å². The highest BCUT2D eigenvalue weighted by Gasteiger charge is 2.42. The van der Waals surface area contributed by atoms with Gasteiger partial charge in [0.25, 0.3) is 0 Å². The van der Waals surface area contributed by atoms with E-state index in [1.54, 1.807) is 16.4 Å². The minimum atomic E-state index is -3.55. The van der Waals surface area contributed by atoms with Gasteiger partial charge in [0.1, 0.15) is 5.75 Å². The van der Waals surface area contributed by atoms with Crippen LogP contribution >= 0.6 is 0 Å². The molecule has 2 aliphatic rings. The molecule has 2 atom stereocenters. The van der Waals surface area contributed by atoms with Crippen molar-refractivity contribution in [2.45, 2.75) is 36.3 Å². The summed E-state index contributed by atoms with van der Waals surface area (Å²) >= 11 is 0. The van der Waals surface area contributed by atoms with Gasteiger partial charge in [-0.25, -0.2) is 8.42 Å². The minimum absolute atomic E-state index is 0.0316. The Morgan fingerprint density at radius 2 is 2.19 bits per heavy atom. The third-order valence-corrected chi connectivity index (χ3v) is 6.16. The molecule has 0 radical (unpaired) electrons. The van der Waals surface area contributed by atoms with Gasteiger partial charge in [-0.2, -0.15) is 4.31 Å². The number of nitrogens with two attached hydrogens (primary N) is 1. The lowest BCUT2D eigenvalue weighted by molar-refractivity contribution is -0.0241. The lowest BCUT2D eigenvalue weighted by Crippen LogP contribution is -2.51. The fraction of sp³-hybridized carbons (Fsp3) is 0.571. The Morgan fingerprint density at radius 1 is 1.38 bits per heavy atom. The fourth-order valence-electron chi connectivity index (χ4n) is 3.20. The van der Waals surface area contributed by atoms with Gasteiger partial charge in [-0.3, -0.25) is 0 Å². The zero-order chi connectivity index (χ0) is 15.0. The largest absolute Gasteiger partial charge is 0.495 e. The summed E-state index contributed by atoms with van der Waals surface area (Å²) in [6.45, 7) is 0.849. The highest BCUT2D eigenvalue weighted by Crippen LogP contribution is 2.34. The number of hydrogen-bond donors (Lipinski definition) is 1. The lowest BCUT2D eigenvalue weighted by atomic mass is 10.2. The monoisotopic (exact) mass is 312 g/mol. The summed E-state index contributed by atoms with van der Waals surface area (Å²) in [4.78, 5) is 0.216. The standard InChI is InChI=1S/C14H20N2O4S/c1-19-13-6-5-10(9-11(13)15)21(17,18)16-7-8-20-14-4-2-3-12(14)16/h5-6,9,12,14H,2-4,7-8,15H2,1H3. The number of nitrogens with zero attached hydrogens (tertiary/aromatic N) is 1. The number of anilines is 1. The van der Waals surface area contributed by atoms with Crippen molar-refractivity contribution in [3.05, 3.63) is 18.2 Å². The minimum Gasteiger partial charge on any atom is -0.495 e. The van der Waals surface area contributed by atoms with Gasteiger partial charge in [0, 0.05) is 6.54 Å². The second kappa shape index (κ2) is 5.47. The molecule has 0 amide bonds. The van der Waals surface area contributed by atoms with Gasteiger partial charge in [0.15, 0.2) is 0 Å². The molecule has 0 spiro atoms. The maximum Gasteiger partial charge on any atom is 0.243 e. The first kappa shape index (κ1) is 14.6. The Labute approximate surface area is 124 Å². The number of hydrogen-bond acceptors (Lipinski definition) is 5. The second-order valence-corrected chi connectivity index (χ2v) is 7.32. The van der Waals surface area contributed by atoms with Crippen LogP contribution in [0.15, 0.2) is 23.1 Å². The van der Waals surface area contributed by atoms with Crippen LogP contribution < -0.4 is 10.5 Å². The molecule has 0 aromatic heterocycles. The summed E-state index contributed by atoms with van der Waals surface area (Å²) < 4.78 is 38.0. The average molecular weight is 312 g/mol. The highest BCUT2D eigenvalue weighted by atomic mass is 32.2. The van der Waals surface area contributed by atoms with Crippen LogP contribution in [-0.2, 0) is 14.8 Å². The molecule has 21 heavy (non-hydrogen) atoms.